The van der Waals surface area contributed by atoms with Gasteiger partial charge in [0.05, 0.1) is 5.69 Å². The lowest BCUT2D eigenvalue weighted by molar-refractivity contribution is 0.465. The van der Waals surface area contributed by atoms with Gasteiger partial charge in [-0.3, -0.25) is 14.6 Å². The van der Waals surface area contributed by atoms with Gasteiger partial charge in [0.1, 0.15) is 5.69 Å². The van der Waals surface area contributed by atoms with Gasteiger partial charge >= 0.3 is 0 Å². The van der Waals surface area contributed by atoms with Gasteiger partial charge in [-0.1, -0.05) is 34.6 Å². The van der Waals surface area contributed by atoms with Crippen molar-refractivity contribution in [3.63, 3.8) is 0 Å². The van der Waals surface area contributed by atoms with Crippen molar-refractivity contribution in [2.24, 2.45) is 5.92 Å². The number of aromatic amines is 1. The quantitative estimate of drug-likeness (QED) is 0.827. The van der Waals surface area contributed by atoms with Crippen LogP contribution in [-0.2, 0) is 12.0 Å². The predicted octanol–water partition coefficient (Wildman–Crippen LogP) is 2.10. The minimum Gasteiger partial charge on any atom is -0.393 e. The van der Waals surface area contributed by atoms with Gasteiger partial charge in [0.15, 0.2) is 0 Å². The minimum atomic E-state index is -0.119. The third-order valence-corrected chi connectivity index (χ3v) is 2.67. The number of hydrogen-bond donors (Lipinski definition) is 2. The predicted molar refractivity (Wildman–Crippen MR) is 67.6 cm³/mol. The Bertz CT molecular complexity index is 407. The van der Waals surface area contributed by atoms with E-state index in [1.54, 1.807) is 4.68 Å². The van der Waals surface area contributed by atoms with Gasteiger partial charge in [0.2, 0.25) is 0 Å². The van der Waals surface area contributed by atoms with Gasteiger partial charge < -0.3 is 5.73 Å². The molecular formula is C12H23N3O. The Labute approximate surface area is 96.8 Å². The Morgan fingerprint density at radius 1 is 1.38 bits per heavy atom. The van der Waals surface area contributed by atoms with Crippen LogP contribution in [-0.4, -0.2) is 9.78 Å². The molecule has 0 spiro atoms. The van der Waals surface area contributed by atoms with Crippen molar-refractivity contribution >= 4 is 5.69 Å². The molecule has 0 amide bonds. The van der Waals surface area contributed by atoms with E-state index in [0.29, 0.717) is 18.2 Å². The fourth-order valence-corrected chi connectivity index (χ4v) is 1.61. The number of aromatic nitrogens is 2. The van der Waals surface area contributed by atoms with Crippen LogP contribution in [0.1, 0.15) is 46.7 Å². The molecule has 0 fully saturated rings. The van der Waals surface area contributed by atoms with Crippen molar-refractivity contribution in [1.82, 2.24) is 9.78 Å². The zero-order valence-corrected chi connectivity index (χ0v) is 10.9. The monoisotopic (exact) mass is 225 g/mol. The summed E-state index contributed by atoms with van der Waals surface area (Å²) in [7, 11) is 0. The largest absolute Gasteiger partial charge is 0.393 e. The van der Waals surface area contributed by atoms with E-state index in [-0.39, 0.29) is 11.0 Å². The molecule has 0 aliphatic carbocycles. The summed E-state index contributed by atoms with van der Waals surface area (Å²) in [5.74, 6) is 0.578. The molecule has 0 atom stereocenters. The van der Waals surface area contributed by atoms with Gasteiger partial charge in [-0.25, -0.2) is 0 Å². The molecule has 92 valence electrons. The molecule has 1 heterocycles. The Kier molecular flexibility index (Phi) is 3.51. The van der Waals surface area contributed by atoms with E-state index in [1.165, 1.54) is 0 Å². The summed E-state index contributed by atoms with van der Waals surface area (Å²) in [6.07, 6.45) is 0.976. The second-order valence-electron chi connectivity index (χ2n) is 5.79. The van der Waals surface area contributed by atoms with Crippen LogP contribution in [0.5, 0.6) is 0 Å². The molecular weight excluding hydrogens is 202 g/mol. The SMILES string of the molecule is CC(C)CCn1[nH]c(C(C)(C)C)c(N)c1=O. The molecule has 0 bridgehead atoms. The first kappa shape index (κ1) is 12.9. The summed E-state index contributed by atoms with van der Waals surface area (Å²) in [5, 5.41) is 3.12. The van der Waals surface area contributed by atoms with Crippen LogP contribution >= 0.6 is 0 Å². The minimum absolute atomic E-state index is 0.0921. The van der Waals surface area contributed by atoms with E-state index in [0.717, 1.165) is 12.1 Å². The van der Waals surface area contributed by atoms with Gasteiger partial charge in [0.25, 0.3) is 5.56 Å². The number of nitrogens with two attached hydrogens (primary N) is 1. The van der Waals surface area contributed by atoms with Crippen LogP contribution in [0, 0.1) is 5.92 Å². The number of H-pyrrole nitrogens is 1. The second-order valence-corrected chi connectivity index (χ2v) is 5.79. The molecule has 0 aliphatic heterocycles. The number of hydrogen-bond acceptors (Lipinski definition) is 2. The first-order valence-electron chi connectivity index (χ1n) is 5.82. The molecule has 1 aromatic heterocycles. The third kappa shape index (κ3) is 2.68. The smallest absolute Gasteiger partial charge is 0.289 e. The van der Waals surface area contributed by atoms with Crippen LogP contribution in [0.3, 0.4) is 0 Å². The molecule has 0 saturated heterocycles. The molecule has 3 N–H and O–H groups in total. The molecule has 16 heavy (non-hydrogen) atoms. The highest BCUT2D eigenvalue weighted by Crippen LogP contribution is 2.23. The number of anilines is 1. The summed E-state index contributed by atoms with van der Waals surface area (Å²) >= 11 is 0. The molecule has 0 radical (unpaired) electrons. The van der Waals surface area contributed by atoms with Gasteiger partial charge in [-0.2, -0.15) is 0 Å². The summed E-state index contributed by atoms with van der Waals surface area (Å²) in [6.45, 7) is 11.1. The second kappa shape index (κ2) is 4.36. The number of nitrogens with one attached hydrogen (secondary N) is 1. The molecule has 4 nitrogen and oxygen atoms in total. The third-order valence-electron chi connectivity index (χ3n) is 2.67. The van der Waals surface area contributed by atoms with E-state index in [4.69, 9.17) is 5.73 Å². The fraction of sp³-hybridized carbons (Fsp3) is 0.750. The van der Waals surface area contributed by atoms with Crippen molar-refractivity contribution in [3.8, 4) is 0 Å². The molecule has 0 unspecified atom stereocenters. The van der Waals surface area contributed by atoms with Gasteiger partial charge in [0, 0.05) is 12.0 Å². The van der Waals surface area contributed by atoms with Crippen LogP contribution in [0.4, 0.5) is 5.69 Å². The standard InChI is InChI=1S/C12H23N3O/c1-8(2)6-7-15-11(16)9(13)10(14-15)12(3,4)5/h8,14H,6-7,13H2,1-5H3. The molecule has 1 rings (SSSR count). The molecule has 0 aliphatic rings. The van der Waals surface area contributed by atoms with Crippen LogP contribution in [0.15, 0.2) is 4.79 Å². The normalized spacial score (nSPS) is 12.4. The van der Waals surface area contributed by atoms with E-state index >= 15 is 0 Å². The van der Waals surface area contributed by atoms with Crippen molar-refractivity contribution in [1.29, 1.82) is 0 Å². The Hall–Kier alpha value is -1.19. The maximum Gasteiger partial charge on any atom is 0.289 e. The Balaban J connectivity index is 3.01. The molecule has 0 saturated carbocycles. The van der Waals surface area contributed by atoms with E-state index in [2.05, 4.69) is 18.9 Å². The van der Waals surface area contributed by atoms with Gasteiger partial charge in [-0.15, -0.1) is 0 Å². The number of nitrogens with zero attached hydrogens (tertiary/aromatic N) is 1. The molecule has 0 aromatic carbocycles. The lowest BCUT2D eigenvalue weighted by Crippen LogP contribution is -2.19. The number of aryl methyl sites for hydroxylation is 1. The van der Waals surface area contributed by atoms with Crippen molar-refractivity contribution in [2.45, 2.75) is 53.0 Å². The first-order valence-corrected chi connectivity index (χ1v) is 5.82. The Morgan fingerprint density at radius 2 is 1.94 bits per heavy atom. The van der Waals surface area contributed by atoms with Crippen molar-refractivity contribution in [2.75, 3.05) is 5.73 Å². The highest BCUT2D eigenvalue weighted by molar-refractivity contribution is 5.44. The van der Waals surface area contributed by atoms with Crippen LogP contribution in [0.25, 0.3) is 0 Å². The number of nitrogen functional groups attached to an aromatic ring is 1. The lowest BCUT2D eigenvalue weighted by atomic mass is 9.91. The highest BCUT2D eigenvalue weighted by Gasteiger charge is 2.22. The van der Waals surface area contributed by atoms with Crippen LogP contribution in [0.2, 0.25) is 0 Å². The van der Waals surface area contributed by atoms with Crippen molar-refractivity contribution < 1.29 is 0 Å². The average Bonchev–Trinajstić information content (AvgIpc) is 2.40. The maximum absolute atomic E-state index is 11.9. The zero-order valence-electron chi connectivity index (χ0n) is 10.9. The summed E-state index contributed by atoms with van der Waals surface area (Å²) < 4.78 is 1.62. The van der Waals surface area contributed by atoms with Gasteiger partial charge in [-0.05, 0) is 12.3 Å². The highest BCUT2D eigenvalue weighted by atomic mass is 16.1. The number of rotatable bonds is 3. The first-order chi connectivity index (χ1) is 7.23. The summed E-state index contributed by atoms with van der Waals surface area (Å²) in [6, 6.07) is 0. The lowest BCUT2D eigenvalue weighted by Gasteiger charge is -2.16. The Morgan fingerprint density at radius 3 is 2.31 bits per heavy atom. The summed E-state index contributed by atoms with van der Waals surface area (Å²) in [5.41, 5.74) is 6.81. The molecule has 4 heteroatoms. The molecule has 1 aromatic rings. The van der Waals surface area contributed by atoms with Crippen LogP contribution < -0.4 is 11.3 Å². The van der Waals surface area contributed by atoms with E-state index in [9.17, 15) is 4.79 Å². The fourth-order valence-electron chi connectivity index (χ4n) is 1.61. The summed E-state index contributed by atoms with van der Waals surface area (Å²) in [4.78, 5) is 11.9. The maximum atomic E-state index is 11.9. The topological polar surface area (TPSA) is 63.8 Å². The van der Waals surface area contributed by atoms with E-state index < -0.39 is 0 Å². The van der Waals surface area contributed by atoms with E-state index in [1.807, 2.05) is 20.8 Å². The average molecular weight is 225 g/mol. The zero-order chi connectivity index (χ0) is 12.5. The van der Waals surface area contributed by atoms with Crippen molar-refractivity contribution in [3.05, 3.63) is 16.0 Å².